The Balaban J connectivity index is 1.52. The molecule has 144 valence electrons. The van der Waals surface area contributed by atoms with Gasteiger partial charge in [0.05, 0.1) is 36.0 Å². The average Bonchev–Trinajstić information content (AvgIpc) is 3.39. The fourth-order valence-electron chi connectivity index (χ4n) is 3.93. The van der Waals surface area contributed by atoms with Gasteiger partial charge >= 0.3 is 0 Å². The zero-order valence-electron chi connectivity index (χ0n) is 16.2. The molecule has 1 aliphatic rings. The summed E-state index contributed by atoms with van der Waals surface area (Å²) < 4.78 is 1.90. The molecule has 0 saturated carbocycles. The van der Waals surface area contributed by atoms with E-state index < -0.39 is 0 Å². The topological polar surface area (TPSA) is 99.9 Å². The lowest BCUT2D eigenvalue weighted by molar-refractivity contribution is 0.331. The molecule has 1 fully saturated rings. The predicted octanol–water partition coefficient (Wildman–Crippen LogP) is 0.631. The number of hydrogen-bond donors (Lipinski definition) is 2. The number of imidazole rings is 1. The van der Waals surface area contributed by atoms with E-state index in [2.05, 4.69) is 49.2 Å². The van der Waals surface area contributed by atoms with Gasteiger partial charge in [-0.05, 0) is 19.9 Å². The average molecular weight is 385 g/mol. The summed E-state index contributed by atoms with van der Waals surface area (Å²) >= 11 is 0. The number of hydrogen-bond acceptors (Lipinski definition) is 7. The largest absolute Gasteiger partial charge is 0.335 e. The molecule has 29 heavy (non-hydrogen) atoms. The minimum Gasteiger partial charge on any atom is -0.335 e. The number of H-pyrrole nitrogens is 1. The van der Waals surface area contributed by atoms with Gasteiger partial charge in [-0.15, -0.1) is 0 Å². The number of fused-ring (bicyclic) bond motifs is 1. The molecule has 3 unspecified atom stereocenters. The number of rotatable bonds is 3. The Morgan fingerprint density at radius 1 is 1.14 bits per heavy atom. The van der Waals surface area contributed by atoms with Crippen LogP contribution in [-0.4, -0.2) is 61.0 Å². The van der Waals surface area contributed by atoms with Crippen LogP contribution in [0.25, 0.3) is 17.0 Å². The zero-order valence-corrected chi connectivity index (χ0v) is 16.2. The van der Waals surface area contributed by atoms with Crippen molar-refractivity contribution in [2.45, 2.75) is 32.0 Å². The smallest absolute Gasteiger partial charge is 0.226 e. The van der Waals surface area contributed by atoms with E-state index in [0.717, 1.165) is 29.1 Å². The van der Waals surface area contributed by atoms with Gasteiger partial charge in [0.1, 0.15) is 7.85 Å². The maximum Gasteiger partial charge on any atom is 0.226 e. The van der Waals surface area contributed by atoms with Crippen molar-refractivity contribution >= 4 is 25.0 Å². The Bertz CT molecular complexity index is 1140. The second kappa shape index (κ2) is 6.96. The lowest BCUT2D eigenvalue weighted by Gasteiger charge is -2.43. The van der Waals surface area contributed by atoms with Crippen molar-refractivity contribution < 1.29 is 0 Å². The van der Waals surface area contributed by atoms with Crippen LogP contribution in [0.15, 0.2) is 43.2 Å². The third-order valence-corrected chi connectivity index (χ3v) is 5.37. The third kappa shape index (κ3) is 3.15. The van der Waals surface area contributed by atoms with E-state index >= 15 is 0 Å². The fourth-order valence-corrected chi connectivity index (χ4v) is 3.93. The molecule has 5 rings (SSSR count). The maximum atomic E-state index is 5.86. The molecule has 5 heterocycles. The Labute approximate surface area is 169 Å². The molecule has 3 atom stereocenters. The van der Waals surface area contributed by atoms with Gasteiger partial charge in [-0.3, -0.25) is 14.5 Å². The molecule has 9 nitrogen and oxygen atoms in total. The molecule has 4 aromatic heterocycles. The summed E-state index contributed by atoms with van der Waals surface area (Å²) in [6.07, 6.45) is 10.8. The van der Waals surface area contributed by atoms with Crippen molar-refractivity contribution in [3.63, 3.8) is 0 Å². The van der Waals surface area contributed by atoms with Crippen molar-refractivity contribution in [2.75, 3.05) is 11.4 Å². The normalized spacial score (nSPS) is 22.3. The third-order valence-electron chi connectivity index (χ3n) is 5.37. The molecular formula is C19H20BN9. The molecule has 0 aromatic carbocycles. The lowest BCUT2D eigenvalue weighted by Crippen LogP contribution is -2.56. The Morgan fingerprint density at radius 3 is 2.86 bits per heavy atom. The minimum atomic E-state index is 0.131. The van der Waals surface area contributed by atoms with Crippen LogP contribution in [0.2, 0.25) is 0 Å². The highest BCUT2D eigenvalue weighted by Crippen LogP contribution is 2.29. The van der Waals surface area contributed by atoms with Gasteiger partial charge in [-0.2, -0.15) is 5.10 Å². The van der Waals surface area contributed by atoms with Crippen LogP contribution in [0.4, 0.5) is 5.95 Å². The molecule has 1 aliphatic heterocycles. The number of aromatic amines is 1. The fraction of sp³-hybridized carbons (Fsp3) is 0.316. The van der Waals surface area contributed by atoms with Gasteiger partial charge < -0.3 is 10.2 Å². The van der Waals surface area contributed by atoms with Crippen molar-refractivity contribution in [3.8, 4) is 11.4 Å². The molecule has 0 spiro atoms. The van der Waals surface area contributed by atoms with Crippen molar-refractivity contribution in [2.24, 2.45) is 0 Å². The standard InChI is InChI=1S/C19H20BN9/c1-11-9-28(12(2)18(26-11)13-5-24-25-6-13)19-21-4-3-14(27-19)15-7-23-17-8-22-16(20)10-29(15)17/h3-8,10-12,18,26H,9H2,1-2H3,(H,24,25). The minimum absolute atomic E-state index is 0.131. The van der Waals surface area contributed by atoms with Gasteiger partial charge in [0.25, 0.3) is 0 Å². The highest BCUT2D eigenvalue weighted by atomic mass is 15.3. The summed E-state index contributed by atoms with van der Waals surface area (Å²) in [5.41, 5.74) is 3.90. The molecule has 4 aromatic rings. The van der Waals surface area contributed by atoms with Crippen LogP contribution in [0.3, 0.4) is 0 Å². The van der Waals surface area contributed by atoms with Gasteiger partial charge in [0, 0.05) is 48.4 Å². The van der Waals surface area contributed by atoms with Crippen molar-refractivity contribution in [1.82, 2.24) is 39.9 Å². The number of piperazine rings is 1. The van der Waals surface area contributed by atoms with Gasteiger partial charge in [0.2, 0.25) is 5.95 Å². The predicted molar refractivity (Wildman–Crippen MR) is 110 cm³/mol. The maximum absolute atomic E-state index is 5.86. The van der Waals surface area contributed by atoms with E-state index in [-0.39, 0.29) is 18.1 Å². The highest BCUT2D eigenvalue weighted by molar-refractivity contribution is 6.30. The molecule has 0 bridgehead atoms. The lowest BCUT2D eigenvalue weighted by atomic mass is 9.97. The monoisotopic (exact) mass is 385 g/mol. The number of aromatic nitrogens is 7. The SMILES string of the molecule is [B]c1cn2c(-c3ccnc(N4CC(C)NC(c5cn[nH]c5)C4C)n3)cnc2cn1. The molecule has 0 aliphatic carbocycles. The van der Waals surface area contributed by atoms with Gasteiger partial charge in [-0.25, -0.2) is 15.0 Å². The molecule has 1 saturated heterocycles. The Kier molecular flexibility index (Phi) is 4.28. The number of anilines is 1. The summed E-state index contributed by atoms with van der Waals surface area (Å²) in [4.78, 5) is 20.2. The molecule has 2 radical (unpaired) electrons. The molecule has 2 N–H and O–H groups in total. The second-order valence-electron chi connectivity index (χ2n) is 7.40. The van der Waals surface area contributed by atoms with Crippen LogP contribution in [0, 0.1) is 0 Å². The second-order valence-corrected chi connectivity index (χ2v) is 7.40. The first-order valence-corrected chi connectivity index (χ1v) is 9.53. The van der Waals surface area contributed by atoms with Gasteiger partial charge in [0.15, 0.2) is 5.65 Å². The van der Waals surface area contributed by atoms with Crippen LogP contribution < -0.4 is 15.8 Å². The summed E-state index contributed by atoms with van der Waals surface area (Å²) in [7, 11) is 5.86. The number of nitrogens with one attached hydrogen (secondary N) is 2. The zero-order chi connectivity index (χ0) is 20.0. The number of nitrogens with zero attached hydrogens (tertiary/aromatic N) is 7. The van der Waals surface area contributed by atoms with Crippen LogP contribution in [-0.2, 0) is 0 Å². The molecular weight excluding hydrogens is 365 g/mol. The van der Waals surface area contributed by atoms with E-state index in [1.54, 1.807) is 24.8 Å². The van der Waals surface area contributed by atoms with Crippen molar-refractivity contribution in [3.05, 3.63) is 48.8 Å². The summed E-state index contributed by atoms with van der Waals surface area (Å²) in [5.74, 6) is 0.689. The highest BCUT2D eigenvalue weighted by Gasteiger charge is 2.34. The first-order valence-electron chi connectivity index (χ1n) is 9.53. The molecule has 0 amide bonds. The first kappa shape index (κ1) is 17.8. The van der Waals surface area contributed by atoms with Crippen molar-refractivity contribution in [1.29, 1.82) is 0 Å². The Morgan fingerprint density at radius 2 is 2.03 bits per heavy atom. The summed E-state index contributed by atoms with van der Waals surface area (Å²) in [6.45, 7) is 5.15. The van der Waals surface area contributed by atoms with E-state index in [1.165, 1.54) is 0 Å². The van der Waals surface area contributed by atoms with Crippen LogP contribution in [0.1, 0.15) is 25.5 Å². The summed E-state index contributed by atoms with van der Waals surface area (Å²) in [6, 6.07) is 2.44. The van der Waals surface area contributed by atoms with E-state index in [0.29, 0.717) is 11.5 Å². The quantitative estimate of drug-likeness (QED) is 0.499. The summed E-state index contributed by atoms with van der Waals surface area (Å²) in [5, 5.41) is 10.6. The Hall–Kier alpha value is -3.27. The first-order chi connectivity index (χ1) is 14.1. The molecule has 10 heteroatoms. The van der Waals surface area contributed by atoms with Gasteiger partial charge in [-0.1, -0.05) is 0 Å². The van der Waals surface area contributed by atoms with Crippen LogP contribution in [0.5, 0.6) is 0 Å². The van der Waals surface area contributed by atoms with E-state index in [9.17, 15) is 0 Å². The van der Waals surface area contributed by atoms with Crippen LogP contribution >= 0.6 is 0 Å². The van der Waals surface area contributed by atoms with E-state index in [1.807, 2.05) is 22.9 Å². The van der Waals surface area contributed by atoms with E-state index in [4.69, 9.17) is 12.8 Å².